The summed E-state index contributed by atoms with van der Waals surface area (Å²) in [5.74, 6) is 0.748. The zero-order valence-corrected chi connectivity index (χ0v) is 12.6. The van der Waals surface area contributed by atoms with Crippen LogP contribution in [-0.2, 0) is 4.79 Å². The van der Waals surface area contributed by atoms with Crippen molar-refractivity contribution in [3.8, 4) is 6.07 Å². The Morgan fingerprint density at radius 1 is 1.45 bits per heavy atom. The van der Waals surface area contributed by atoms with Gasteiger partial charge in [-0.25, -0.2) is 0 Å². The third-order valence-electron chi connectivity index (χ3n) is 2.93. The summed E-state index contributed by atoms with van der Waals surface area (Å²) >= 11 is 1.66. The van der Waals surface area contributed by atoms with Crippen molar-refractivity contribution in [3.05, 3.63) is 29.8 Å². The first-order valence-corrected chi connectivity index (χ1v) is 7.68. The summed E-state index contributed by atoms with van der Waals surface area (Å²) in [7, 11) is 0. The van der Waals surface area contributed by atoms with Gasteiger partial charge < -0.3 is 10.4 Å². The van der Waals surface area contributed by atoms with Crippen molar-refractivity contribution >= 4 is 23.4 Å². The van der Waals surface area contributed by atoms with Crippen molar-refractivity contribution < 1.29 is 9.90 Å². The lowest BCUT2D eigenvalue weighted by molar-refractivity contribution is -0.116. The van der Waals surface area contributed by atoms with E-state index in [1.54, 1.807) is 43.0 Å². The molecule has 0 heterocycles. The molecule has 0 bridgehead atoms. The van der Waals surface area contributed by atoms with Gasteiger partial charge in [-0.1, -0.05) is 19.1 Å². The van der Waals surface area contributed by atoms with Gasteiger partial charge in [0.05, 0.1) is 17.4 Å². The summed E-state index contributed by atoms with van der Waals surface area (Å²) in [4.78, 5) is 11.8. The van der Waals surface area contributed by atoms with E-state index in [4.69, 9.17) is 5.26 Å². The lowest BCUT2D eigenvalue weighted by Crippen LogP contribution is -2.16. The number of amides is 1. The van der Waals surface area contributed by atoms with E-state index in [0.717, 1.165) is 12.2 Å². The molecule has 2 atom stereocenters. The predicted octanol–water partition coefficient (Wildman–Crippen LogP) is 2.78. The van der Waals surface area contributed by atoms with Gasteiger partial charge >= 0.3 is 0 Å². The molecule has 0 radical (unpaired) electrons. The molecule has 4 nitrogen and oxygen atoms in total. The van der Waals surface area contributed by atoms with Crippen LogP contribution in [0, 0.1) is 11.3 Å². The second-order valence-corrected chi connectivity index (χ2v) is 6.11. The topological polar surface area (TPSA) is 73.1 Å². The quantitative estimate of drug-likeness (QED) is 0.758. The van der Waals surface area contributed by atoms with E-state index in [0.29, 0.717) is 17.7 Å². The Balaban J connectivity index is 2.32. The van der Waals surface area contributed by atoms with Crippen LogP contribution in [0.5, 0.6) is 0 Å². The minimum Gasteiger partial charge on any atom is -0.392 e. The van der Waals surface area contributed by atoms with E-state index < -0.39 is 0 Å². The van der Waals surface area contributed by atoms with Crippen LogP contribution < -0.4 is 5.32 Å². The highest BCUT2D eigenvalue weighted by molar-refractivity contribution is 7.99. The van der Waals surface area contributed by atoms with Crippen LogP contribution in [0.1, 0.15) is 32.3 Å². The van der Waals surface area contributed by atoms with E-state index >= 15 is 0 Å². The van der Waals surface area contributed by atoms with Gasteiger partial charge in [0.2, 0.25) is 5.91 Å². The number of nitrogens with one attached hydrogen (secondary N) is 1. The number of hydrogen-bond donors (Lipinski definition) is 2. The third-order valence-corrected chi connectivity index (χ3v) is 4.37. The maximum atomic E-state index is 11.8. The van der Waals surface area contributed by atoms with Crippen LogP contribution in [0.15, 0.2) is 24.3 Å². The average molecular weight is 292 g/mol. The van der Waals surface area contributed by atoms with Gasteiger partial charge in [-0.2, -0.15) is 17.0 Å². The normalized spacial score (nSPS) is 13.3. The van der Waals surface area contributed by atoms with Crippen LogP contribution >= 0.6 is 11.8 Å². The number of anilines is 1. The van der Waals surface area contributed by atoms with Crippen LogP contribution in [-0.4, -0.2) is 28.1 Å². The molecule has 0 spiro atoms. The summed E-state index contributed by atoms with van der Waals surface area (Å²) in [6.07, 6.45) is 0.831. The molecule has 0 aliphatic carbocycles. The number of hydrogen-bond acceptors (Lipinski definition) is 4. The van der Waals surface area contributed by atoms with Crippen LogP contribution in [0.2, 0.25) is 0 Å². The first-order chi connectivity index (χ1) is 9.54. The smallest absolute Gasteiger partial charge is 0.224 e. The Morgan fingerprint density at radius 2 is 2.15 bits per heavy atom. The third kappa shape index (κ3) is 5.64. The van der Waals surface area contributed by atoms with E-state index in [2.05, 4.69) is 5.32 Å². The number of nitriles is 1. The second kappa shape index (κ2) is 8.62. The number of benzene rings is 1. The first kappa shape index (κ1) is 16.5. The highest BCUT2D eigenvalue weighted by Crippen LogP contribution is 2.17. The molecule has 108 valence electrons. The molecule has 0 aromatic heterocycles. The van der Waals surface area contributed by atoms with Crippen molar-refractivity contribution in [2.24, 2.45) is 0 Å². The van der Waals surface area contributed by atoms with Crippen LogP contribution in [0.25, 0.3) is 0 Å². The Labute approximate surface area is 124 Å². The molecular formula is C15H20N2O2S. The van der Waals surface area contributed by atoms with Crippen molar-refractivity contribution in [1.29, 1.82) is 5.26 Å². The fraction of sp³-hybridized carbons (Fsp3) is 0.467. The van der Waals surface area contributed by atoms with Crippen LogP contribution in [0.3, 0.4) is 0 Å². The van der Waals surface area contributed by atoms with Gasteiger partial charge in [-0.15, -0.1) is 0 Å². The number of aliphatic hydroxyl groups is 1. The maximum absolute atomic E-state index is 11.8. The lowest BCUT2D eigenvalue weighted by Gasteiger charge is -2.13. The summed E-state index contributed by atoms with van der Waals surface area (Å²) in [5, 5.41) is 21.2. The highest BCUT2D eigenvalue weighted by Gasteiger charge is 2.10. The zero-order chi connectivity index (χ0) is 15.0. The molecule has 0 saturated carbocycles. The number of rotatable bonds is 7. The van der Waals surface area contributed by atoms with Crippen molar-refractivity contribution in [1.82, 2.24) is 0 Å². The Bertz CT molecular complexity index is 483. The molecule has 0 fully saturated rings. The van der Waals surface area contributed by atoms with Crippen molar-refractivity contribution in [2.75, 3.05) is 11.1 Å². The molecule has 1 amide bonds. The fourth-order valence-electron chi connectivity index (χ4n) is 1.54. The summed E-state index contributed by atoms with van der Waals surface area (Å²) in [6.45, 7) is 3.74. The number of aliphatic hydroxyl groups excluding tert-OH is 1. The standard InChI is InChI=1S/C15H20N2O2S/c1-11(18)12(2)20-9-5-8-15(19)17-14-7-4-3-6-13(14)10-16/h3-4,6-7,11-12,18H,5,8-9H2,1-2H3,(H,17,19). The number of thioether (sulfide) groups is 1. The minimum absolute atomic E-state index is 0.0852. The SMILES string of the molecule is CC(O)C(C)SCCCC(=O)Nc1ccccc1C#N. The van der Waals surface area contributed by atoms with Gasteiger partial charge in [-0.3, -0.25) is 4.79 Å². The molecule has 1 aromatic rings. The van der Waals surface area contributed by atoms with Gasteiger partial charge in [0, 0.05) is 11.7 Å². The highest BCUT2D eigenvalue weighted by atomic mass is 32.2. The molecule has 20 heavy (non-hydrogen) atoms. The molecule has 1 rings (SSSR count). The molecular weight excluding hydrogens is 272 g/mol. The fourth-order valence-corrected chi connectivity index (χ4v) is 2.50. The Hall–Kier alpha value is -1.51. The van der Waals surface area contributed by atoms with Gasteiger partial charge in [-0.05, 0) is 31.2 Å². The van der Waals surface area contributed by atoms with Crippen molar-refractivity contribution in [3.63, 3.8) is 0 Å². The van der Waals surface area contributed by atoms with E-state index in [1.165, 1.54) is 0 Å². The molecule has 0 aliphatic rings. The zero-order valence-electron chi connectivity index (χ0n) is 11.8. The van der Waals surface area contributed by atoms with Gasteiger partial charge in [0.25, 0.3) is 0 Å². The number of para-hydroxylation sites is 1. The minimum atomic E-state index is -0.337. The monoisotopic (exact) mass is 292 g/mol. The number of nitrogens with zero attached hydrogens (tertiary/aromatic N) is 1. The van der Waals surface area contributed by atoms with E-state index in [9.17, 15) is 9.90 Å². The number of carbonyl (C=O) groups excluding carboxylic acids is 1. The van der Waals surface area contributed by atoms with Crippen molar-refractivity contribution in [2.45, 2.75) is 38.0 Å². The molecule has 0 saturated heterocycles. The molecule has 0 aliphatic heterocycles. The maximum Gasteiger partial charge on any atom is 0.224 e. The van der Waals surface area contributed by atoms with Crippen LogP contribution in [0.4, 0.5) is 5.69 Å². The van der Waals surface area contributed by atoms with E-state index in [1.807, 2.05) is 13.0 Å². The molecule has 2 N–H and O–H groups in total. The largest absolute Gasteiger partial charge is 0.392 e. The summed E-state index contributed by atoms with van der Waals surface area (Å²) in [5.41, 5.74) is 1.03. The first-order valence-electron chi connectivity index (χ1n) is 6.63. The summed E-state index contributed by atoms with van der Waals surface area (Å²) in [6, 6.07) is 9.00. The Kier molecular flexibility index (Phi) is 7.13. The number of carbonyl (C=O) groups is 1. The second-order valence-electron chi connectivity index (χ2n) is 4.63. The molecule has 2 unspecified atom stereocenters. The molecule has 5 heteroatoms. The summed E-state index contributed by atoms with van der Waals surface area (Å²) < 4.78 is 0. The van der Waals surface area contributed by atoms with Gasteiger partial charge in [0.1, 0.15) is 6.07 Å². The van der Waals surface area contributed by atoms with E-state index in [-0.39, 0.29) is 17.3 Å². The van der Waals surface area contributed by atoms with Gasteiger partial charge in [0.15, 0.2) is 0 Å². The molecule has 1 aromatic carbocycles. The lowest BCUT2D eigenvalue weighted by atomic mass is 10.2. The average Bonchev–Trinajstić information content (AvgIpc) is 2.43. The predicted molar refractivity (Wildman–Crippen MR) is 82.6 cm³/mol. The Morgan fingerprint density at radius 3 is 2.80 bits per heavy atom.